The van der Waals surface area contributed by atoms with E-state index in [4.69, 9.17) is 5.73 Å². The zero-order valence-corrected chi connectivity index (χ0v) is 21.8. The van der Waals surface area contributed by atoms with Crippen molar-refractivity contribution in [3.05, 3.63) is 81.1 Å². The van der Waals surface area contributed by atoms with E-state index in [-0.39, 0.29) is 36.3 Å². The van der Waals surface area contributed by atoms with E-state index in [1.807, 2.05) is 0 Å². The number of phenolic OH excluding ortho intramolecular Hbond substituents is 1. The number of nitrogens with zero attached hydrogens (tertiary/aromatic N) is 1. The Morgan fingerprint density at radius 3 is 2.35 bits per heavy atom. The number of aliphatic hydroxyl groups is 4. The predicted octanol–water partition coefficient (Wildman–Crippen LogP) is 0.856. The number of likely N-dealkylation sites (N-methyl/N-ethyl adjacent to an activating group) is 1. The smallest absolute Gasteiger partial charge is 0.255 e. The number of carbonyl (C=O) groups is 3. The molecular weight excluding hydrogens is 516 g/mol. The molecule has 4 atom stereocenters. The van der Waals surface area contributed by atoms with Gasteiger partial charge in [0.2, 0.25) is 5.78 Å². The molecule has 1 fully saturated rings. The van der Waals surface area contributed by atoms with Crippen LogP contribution in [0.4, 0.5) is 0 Å². The molecule has 2 aromatic rings. The quantitative estimate of drug-likeness (QED) is 0.241. The lowest BCUT2D eigenvalue weighted by molar-refractivity contribution is -0.153. The SMILES string of the molecule is CN(C)[C@@H]1C(=O)C(C(N)=O)=C(O)[C@@]2(O)C(=O)C3=C(O)c4c(O)ccc(C#Cc5ccc(CO)cc5)c4C[C@H]3C[C@@H]12. The highest BCUT2D eigenvalue weighted by Gasteiger charge is 2.64. The van der Waals surface area contributed by atoms with E-state index in [1.165, 1.54) is 11.0 Å². The van der Waals surface area contributed by atoms with Gasteiger partial charge in [-0.2, -0.15) is 0 Å². The fraction of sp³-hybridized carbons (Fsp3) is 0.300. The number of primary amides is 1. The Kier molecular flexibility index (Phi) is 6.54. The van der Waals surface area contributed by atoms with E-state index in [9.17, 15) is 39.9 Å². The van der Waals surface area contributed by atoms with E-state index in [0.29, 0.717) is 16.7 Å². The maximum Gasteiger partial charge on any atom is 0.255 e. The molecule has 1 saturated carbocycles. The molecule has 3 aliphatic rings. The van der Waals surface area contributed by atoms with Crippen molar-refractivity contribution in [3.63, 3.8) is 0 Å². The lowest BCUT2D eigenvalue weighted by Gasteiger charge is -2.50. The zero-order valence-electron chi connectivity index (χ0n) is 21.8. The molecule has 10 heteroatoms. The van der Waals surface area contributed by atoms with Gasteiger partial charge < -0.3 is 31.3 Å². The minimum Gasteiger partial charge on any atom is -0.508 e. The summed E-state index contributed by atoms with van der Waals surface area (Å²) in [7, 11) is 3.10. The molecule has 0 aromatic heterocycles. The number of ketones is 2. The van der Waals surface area contributed by atoms with E-state index in [1.54, 1.807) is 44.4 Å². The van der Waals surface area contributed by atoms with E-state index in [2.05, 4.69) is 11.8 Å². The zero-order chi connectivity index (χ0) is 29.1. The Morgan fingerprint density at radius 1 is 1.07 bits per heavy atom. The summed E-state index contributed by atoms with van der Waals surface area (Å²) >= 11 is 0. The molecule has 0 unspecified atom stereocenters. The Balaban J connectivity index is 1.66. The van der Waals surface area contributed by atoms with Crippen molar-refractivity contribution in [3.8, 4) is 17.6 Å². The van der Waals surface area contributed by atoms with Crippen LogP contribution in [0.25, 0.3) is 5.76 Å². The lowest BCUT2D eigenvalue weighted by Crippen LogP contribution is -2.65. The first-order valence-corrected chi connectivity index (χ1v) is 12.6. The number of carbonyl (C=O) groups excluding carboxylic acids is 3. The molecule has 3 aliphatic carbocycles. The number of amides is 1. The number of phenols is 1. The number of nitrogens with two attached hydrogens (primary N) is 1. The van der Waals surface area contributed by atoms with Gasteiger partial charge in [0.25, 0.3) is 5.91 Å². The van der Waals surface area contributed by atoms with Crippen LogP contribution in [0, 0.1) is 23.7 Å². The van der Waals surface area contributed by atoms with Crippen LogP contribution < -0.4 is 5.73 Å². The minimum atomic E-state index is -2.68. The highest BCUT2D eigenvalue weighted by molar-refractivity contribution is 6.24. The van der Waals surface area contributed by atoms with Crippen molar-refractivity contribution < 1.29 is 39.9 Å². The Bertz CT molecular complexity index is 1590. The maximum absolute atomic E-state index is 13.9. The van der Waals surface area contributed by atoms with Gasteiger partial charge in [0.1, 0.15) is 22.8 Å². The molecule has 10 nitrogen and oxygen atoms in total. The van der Waals surface area contributed by atoms with Gasteiger partial charge in [0.15, 0.2) is 11.4 Å². The summed E-state index contributed by atoms with van der Waals surface area (Å²) in [5, 5.41) is 53.8. The fourth-order valence-corrected chi connectivity index (χ4v) is 6.19. The number of aliphatic hydroxyl groups excluding tert-OH is 3. The second-order valence-corrected chi connectivity index (χ2v) is 10.6. The third-order valence-electron chi connectivity index (χ3n) is 8.08. The van der Waals surface area contributed by atoms with Crippen LogP contribution in [0.2, 0.25) is 0 Å². The summed E-state index contributed by atoms with van der Waals surface area (Å²) < 4.78 is 0. The fourth-order valence-electron chi connectivity index (χ4n) is 6.19. The van der Waals surface area contributed by atoms with Crippen molar-refractivity contribution in [2.24, 2.45) is 17.6 Å². The molecule has 1 amide bonds. The van der Waals surface area contributed by atoms with Crippen LogP contribution in [-0.4, -0.2) is 73.6 Å². The van der Waals surface area contributed by atoms with E-state index in [0.717, 1.165) is 5.56 Å². The van der Waals surface area contributed by atoms with Gasteiger partial charge in [-0.25, -0.2) is 0 Å². The molecule has 0 aliphatic heterocycles. The number of aromatic hydroxyl groups is 1. The third-order valence-corrected chi connectivity index (χ3v) is 8.08. The molecule has 0 bridgehead atoms. The van der Waals surface area contributed by atoms with Gasteiger partial charge in [-0.3, -0.25) is 19.3 Å². The van der Waals surface area contributed by atoms with Crippen LogP contribution in [-0.2, 0) is 27.4 Å². The normalized spacial score (nSPS) is 25.7. The van der Waals surface area contributed by atoms with E-state index >= 15 is 0 Å². The average Bonchev–Trinajstić information content (AvgIpc) is 2.90. The minimum absolute atomic E-state index is 0.00307. The Hall–Kier alpha value is -4.43. The first-order chi connectivity index (χ1) is 18.9. The van der Waals surface area contributed by atoms with Gasteiger partial charge in [-0.15, -0.1) is 0 Å². The number of hydrogen-bond acceptors (Lipinski definition) is 9. The number of Topliss-reactive ketones (excluding diaryl/α,β-unsaturated/α-hetero) is 2. The van der Waals surface area contributed by atoms with Gasteiger partial charge in [0.05, 0.1) is 18.2 Å². The van der Waals surface area contributed by atoms with Gasteiger partial charge in [-0.1, -0.05) is 24.0 Å². The lowest BCUT2D eigenvalue weighted by atomic mass is 9.57. The van der Waals surface area contributed by atoms with Crippen molar-refractivity contribution in [1.29, 1.82) is 0 Å². The first kappa shape index (κ1) is 27.1. The van der Waals surface area contributed by atoms with Crippen molar-refractivity contribution in [1.82, 2.24) is 4.90 Å². The van der Waals surface area contributed by atoms with Crippen LogP contribution in [0.1, 0.15) is 34.2 Å². The highest BCUT2D eigenvalue weighted by Crippen LogP contribution is 2.52. The summed E-state index contributed by atoms with van der Waals surface area (Å²) in [5.74, 6) is -0.902. The second kappa shape index (κ2) is 9.64. The number of fused-ring (bicyclic) bond motifs is 3. The topological polar surface area (TPSA) is 182 Å². The first-order valence-electron chi connectivity index (χ1n) is 12.6. The summed E-state index contributed by atoms with van der Waals surface area (Å²) in [6.07, 6.45) is 0.146. The largest absolute Gasteiger partial charge is 0.508 e. The summed E-state index contributed by atoms with van der Waals surface area (Å²) in [5.41, 5.74) is 3.98. The Morgan fingerprint density at radius 2 is 1.75 bits per heavy atom. The third kappa shape index (κ3) is 3.90. The van der Waals surface area contributed by atoms with Crippen LogP contribution in [0.5, 0.6) is 5.75 Å². The van der Waals surface area contributed by atoms with E-state index < -0.39 is 58.0 Å². The molecule has 206 valence electrons. The molecule has 0 spiro atoms. The van der Waals surface area contributed by atoms with Crippen LogP contribution >= 0.6 is 0 Å². The van der Waals surface area contributed by atoms with Crippen LogP contribution in [0.3, 0.4) is 0 Å². The van der Waals surface area contributed by atoms with Crippen LogP contribution in [0.15, 0.2) is 53.3 Å². The summed E-state index contributed by atoms with van der Waals surface area (Å²) in [6, 6.07) is 8.78. The molecular formula is C30H28N2O8. The van der Waals surface area contributed by atoms with Gasteiger partial charge in [0, 0.05) is 22.6 Å². The monoisotopic (exact) mass is 544 g/mol. The molecule has 40 heavy (non-hydrogen) atoms. The summed E-state index contributed by atoms with van der Waals surface area (Å²) in [4.78, 5) is 40.6. The summed E-state index contributed by atoms with van der Waals surface area (Å²) in [6.45, 7) is -0.0962. The molecule has 0 heterocycles. The average molecular weight is 545 g/mol. The molecule has 0 saturated heterocycles. The van der Waals surface area contributed by atoms with Crippen molar-refractivity contribution >= 4 is 23.2 Å². The van der Waals surface area contributed by atoms with Crippen molar-refractivity contribution in [2.45, 2.75) is 31.1 Å². The van der Waals surface area contributed by atoms with Gasteiger partial charge >= 0.3 is 0 Å². The number of hydrogen-bond donors (Lipinski definition) is 6. The standard InChI is InChI=1S/C30H28N2O8/c1-32(2)24-19-12-17-11-18-16(8-7-14-3-5-15(13-33)6-4-14)9-10-20(34)22(18)25(35)21(17)27(37)30(19,40)28(38)23(26(24)36)29(31)39/h3-6,9-10,17,19,24,33-35,38,40H,11-13H2,1-2H3,(H2,31,39)/t17-,19-,24-,30-/m0/s1. The molecule has 2 aromatic carbocycles. The highest BCUT2D eigenvalue weighted by atomic mass is 16.3. The van der Waals surface area contributed by atoms with Gasteiger partial charge in [-0.05, 0) is 68.2 Å². The van der Waals surface area contributed by atoms with Crippen molar-refractivity contribution in [2.75, 3.05) is 14.1 Å². The molecule has 5 rings (SSSR count). The predicted molar refractivity (Wildman–Crippen MR) is 143 cm³/mol. The number of benzene rings is 2. The number of rotatable bonds is 3. The molecule has 0 radical (unpaired) electrons. The second-order valence-electron chi connectivity index (χ2n) is 10.6. The maximum atomic E-state index is 13.9. The Labute approximate surface area is 229 Å². The molecule has 7 N–H and O–H groups in total.